The first kappa shape index (κ1) is 15.9. The predicted molar refractivity (Wildman–Crippen MR) is 87.8 cm³/mol. The molecule has 5 nitrogen and oxygen atoms in total. The van der Waals surface area contributed by atoms with E-state index in [1.54, 1.807) is 11.0 Å². The van der Waals surface area contributed by atoms with Crippen LogP contribution in [0.25, 0.3) is 0 Å². The minimum atomic E-state index is -0.0572. The van der Waals surface area contributed by atoms with Gasteiger partial charge in [0.15, 0.2) is 0 Å². The molecule has 0 unspecified atom stereocenters. The van der Waals surface area contributed by atoms with Crippen LogP contribution in [0.15, 0.2) is 36.4 Å². The highest BCUT2D eigenvalue weighted by molar-refractivity contribution is 5.92. The highest BCUT2D eigenvalue weighted by Crippen LogP contribution is 2.09. The fourth-order valence-electron chi connectivity index (χ4n) is 2.21. The average Bonchev–Trinajstić information content (AvgIpc) is 2.54. The molecular formula is C17H22N4O. The summed E-state index contributed by atoms with van der Waals surface area (Å²) in [6.45, 7) is 7.77. The Morgan fingerprint density at radius 2 is 1.82 bits per heavy atom. The van der Waals surface area contributed by atoms with Gasteiger partial charge in [-0.2, -0.15) is 0 Å². The number of anilines is 1. The minimum Gasteiger partial charge on any atom is -0.350 e. The Kier molecular flexibility index (Phi) is 5.47. The van der Waals surface area contributed by atoms with Crippen molar-refractivity contribution in [2.24, 2.45) is 0 Å². The molecule has 1 aromatic carbocycles. The van der Waals surface area contributed by atoms with E-state index in [1.807, 2.05) is 51.1 Å². The van der Waals surface area contributed by atoms with E-state index in [1.165, 1.54) is 0 Å². The fraction of sp³-hybridized carbons (Fsp3) is 0.353. The number of benzene rings is 1. The molecule has 1 amide bonds. The van der Waals surface area contributed by atoms with Gasteiger partial charge in [-0.1, -0.05) is 30.3 Å². The van der Waals surface area contributed by atoms with Crippen molar-refractivity contribution in [3.63, 3.8) is 0 Å². The van der Waals surface area contributed by atoms with Gasteiger partial charge in [-0.3, -0.25) is 4.79 Å². The molecule has 0 saturated heterocycles. The summed E-state index contributed by atoms with van der Waals surface area (Å²) in [5.41, 5.74) is 2.36. The topological polar surface area (TPSA) is 58.1 Å². The van der Waals surface area contributed by atoms with Crippen LogP contribution >= 0.6 is 0 Å². The van der Waals surface area contributed by atoms with Crippen LogP contribution in [-0.2, 0) is 6.54 Å². The molecule has 0 saturated carbocycles. The first-order valence-corrected chi connectivity index (χ1v) is 7.56. The van der Waals surface area contributed by atoms with Gasteiger partial charge in [0.1, 0.15) is 5.69 Å². The number of carbonyl (C=O) groups is 1. The third-order valence-corrected chi connectivity index (χ3v) is 3.42. The molecular weight excluding hydrogens is 276 g/mol. The van der Waals surface area contributed by atoms with E-state index in [2.05, 4.69) is 15.3 Å². The van der Waals surface area contributed by atoms with Gasteiger partial charge in [0, 0.05) is 25.3 Å². The molecule has 0 fully saturated rings. The number of aromatic nitrogens is 2. The van der Waals surface area contributed by atoms with Gasteiger partial charge < -0.3 is 10.2 Å². The third-order valence-electron chi connectivity index (χ3n) is 3.42. The normalized spacial score (nSPS) is 10.3. The van der Waals surface area contributed by atoms with E-state index in [9.17, 15) is 4.79 Å². The van der Waals surface area contributed by atoms with Crippen LogP contribution in [0, 0.1) is 6.92 Å². The smallest absolute Gasteiger partial charge is 0.272 e. The van der Waals surface area contributed by atoms with Crippen LogP contribution < -0.4 is 5.32 Å². The van der Waals surface area contributed by atoms with Crippen LogP contribution in [0.1, 0.15) is 35.6 Å². The predicted octanol–water partition coefficient (Wildman–Crippen LogP) is 2.88. The van der Waals surface area contributed by atoms with E-state index < -0.39 is 0 Å². The van der Waals surface area contributed by atoms with Crippen LogP contribution in [-0.4, -0.2) is 33.9 Å². The van der Waals surface area contributed by atoms with Gasteiger partial charge in [-0.15, -0.1) is 0 Å². The van der Waals surface area contributed by atoms with Gasteiger partial charge in [0.05, 0.1) is 0 Å². The van der Waals surface area contributed by atoms with E-state index in [4.69, 9.17) is 0 Å². The second-order valence-corrected chi connectivity index (χ2v) is 5.03. The maximum absolute atomic E-state index is 12.4. The molecule has 1 heterocycles. The number of hydrogen-bond donors (Lipinski definition) is 1. The Morgan fingerprint density at radius 1 is 1.14 bits per heavy atom. The summed E-state index contributed by atoms with van der Waals surface area (Å²) in [6, 6.07) is 11.8. The molecule has 22 heavy (non-hydrogen) atoms. The van der Waals surface area contributed by atoms with Crippen LogP contribution in [0.2, 0.25) is 0 Å². The number of aryl methyl sites for hydroxylation is 1. The fourth-order valence-corrected chi connectivity index (χ4v) is 2.21. The molecule has 0 aliphatic heterocycles. The van der Waals surface area contributed by atoms with Gasteiger partial charge in [-0.05, 0) is 32.4 Å². The Hall–Kier alpha value is -2.43. The number of hydrogen-bond acceptors (Lipinski definition) is 4. The summed E-state index contributed by atoms with van der Waals surface area (Å²) in [6.07, 6.45) is 0. The van der Waals surface area contributed by atoms with Gasteiger partial charge in [0.2, 0.25) is 5.95 Å². The van der Waals surface area contributed by atoms with Crippen molar-refractivity contribution in [1.29, 1.82) is 0 Å². The second-order valence-electron chi connectivity index (χ2n) is 5.03. The van der Waals surface area contributed by atoms with Crippen molar-refractivity contribution in [3.05, 3.63) is 53.3 Å². The van der Waals surface area contributed by atoms with Crippen molar-refractivity contribution in [1.82, 2.24) is 14.9 Å². The molecule has 116 valence electrons. The van der Waals surface area contributed by atoms with Crippen molar-refractivity contribution >= 4 is 11.9 Å². The van der Waals surface area contributed by atoms with Crippen molar-refractivity contribution in [3.8, 4) is 0 Å². The molecule has 0 aliphatic carbocycles. The van der Waals surface area contributed by atoms with E-state index >= 15 is 0 Å². The van der Waals surface area contributed by atoms with Gasteiger partial charge >= 0.3 is 0 Å². The first-order chi connectivity index (χ1) is 10.6. The van der Waals surface area contributed by atoms with E-state index in [0.717, 1.165) is 11.3 Å². The molecule has 2 aromatic rings. The SMILES string of the molecule is CCN(CC)C(=O)c1cc(C)nc(NCc2ccccc2)n1. The highest BCUT2D eigenvalue weighted by atomic mass is 16.2. The Balaban J connectivity index is 2.14. The zero-order valence-electron chi connectivity index (χ0n) is 13.3. The molecule has 0 spiro atoms. The lowest BCUT2D eigenvalue weighted by atomic mass is 10.2. The van der Waals surface area contributed by atoms with Crippen LogP contribution in [0.5, 0.6) is 0 Å². The summed E-state index contributed by atoms with van der Waals surface area (Å²) >= 11 is 0. The molecule has 1 aromatic heterocycles. The summed E-state index contributed by atoms with van der Waals surface area (Å²) in [5, 5.41) is 3.18. The number of amides is 1. The van der Waals surface area contributed by atoms with Crippen molar-refractivity contribution in [2.75, 3.05) is 18.4 Å². The summed E-state index contributed by atoms with van der Waals surface area (Å²) < 4.78 is 0. The van der Waals surface area contributed by atoms with Crippen molar-refractivity contribution in [2.45, 2.75) is 27.3 Å². The van der Waals surface area contributed by atoms with Crippen LogP contribution in [0.3, 0.4) is 0 Å². The van der Waals surface area contributed by atoms with Gasteiger partial charge in [0.25, 0.3) is 5.91 Å². The Bertz CT molecular complexity index is 624. The minimum absolute atomic E-state index is 0.0572. The molecule has 5 heteroatoms. The third kappa shape index (κ3) is 4.04. The summed E-state index contributed by atoms with van der Waals surface area (Å²) in [4.78, 5) is 22.8. The second kappa shape index (κ2) is 7.54. The van der Waals surface area contributed by atoms with Crippen molar-refractivity contribution < 1.29 is 4.79 Å². The van der Waals surface area contributed by atoms with Gasteiger partial charge in [-0.25, -0.2) is 9.97 Å². The lowest BCUT2D eigenvalue weighted by molar-refractivity contribution is 0.0767. The Labute approximate surface area is 131 Å². The molecule has 1 N–H and O–H groups in total. The molecule has 0 bridgehead atoms. The Morgan fingerprint density at radius 3 is 2.45 bits per heavy atom. The summed E-state index contributed by atoms with van der Waals surface area (Å²) in [5.74, 6) is 0.428. The molecule has 2 rings (SSSR count). The first-order valence-electron chi connectivity index (χ1n) is 7.56. The largest absolute Gasteiger partial charge is 0.350 e. The average molecular weight is 298 g/mol. The maximum Gasteiger partial charge on any atom is 0.272 e. The monoisotopic (exact) mass is 298 g/mol. The molecule has 0 atom stereocenters. The maximum atomic E-state index is 12.4. The number of rotatable bonds is 6. The van der Waals surface area contributed by atoms with E-state index in [0.29, 0.717) is 31.3 Å². The summed E-state index contributed by atoms with van der Waals surface area (Å²) in [7, 11) is 0. The standard InChI is InChI=1S/C17H22N4O/c1-4-21(5-2)16(22)15-11-13(3)19-17(20-15)18-12-14-9-7-6-8-10-14/h6-11H,4-5,12H2,1-3H3,(H,18,19,20). The molecule has 0 aliphatic rings. The van der Waals surface area contributed by atoms with E-state index in [-0.39, 0.29) is 5.91 Å². The number of nitrogens with zero attached hydrogens (tertiary/aromatic N) is 3. The molecule has 0 radical (unpaired) electrons. The zero-order valence-corrected chi connectivity index (χ0v) is 13.3. The quantitative estimate of drug-likeness (QED) is 0.891. The number of nitrogens with one attached hydrogen (secondary N) is 1. The lowest BCUT2D eigenvalue weighted by Gasteiger charge is -2.18. The number of carbonyl (C=O) groups excluding carboxylic acids is 1. The zero-order chi connectivity index (χ0) is 15.9. The van der Waals surface area contributed by atoms with Crippen LogP contribution in [0.4, 0.5) is 5.95 Å². The lowest BCUT2D eigenvalue weighted by Crippen LogP contribution is -2.31. The highest BCUT2D eigenvalue weighted by Gasteiger charge is 2.15.